The summed E-state index contributed by atoms with van der Waals surface area (Å²) in [4.78, 5) is 37.7. The molecule has 2 amide bonds. The number of thioether (sulfide) groups is 1. The normalized spacial score (nSPS) is 17.6. The van der Waals surface area contributed by atoms with Crippen LogP contribution in [0.5, 0.6) is 5.75 Å². The molecule has 1 heterocycles. The molecule has 0 bridgehead atoms. The van der Waals surface area contributed by atoms with E-state index >= 15 is 0 Å². The minimum atomic E-state index is -1.20. The molecule has 0 saturated heterocycles. The largest absolute Gasteiger partial charge is 0.497 e. The van der Waals surface area contributed by atoms with Gasteiger partial charge in [0.1, 0.15) is 11.7 Å². The second-order valence-corrected chi connectivity index (χ2v) is 8.28. The Balaban J connectivity index is 1.85. The van der Waals surface area contributed by atoms with Crippen molar-refractivity contribution < 1.29 is 23.9 Å². The van der Waals surface area contributed by atoms with Crippen molar-refractivity contribution in [1.29, 1.82) is 5.26 Å². The van der Waals surface area contributed by atoms with Crippen molar-refractivity contribution in [3.8, 4) is 11.8 Å². The fraction of sp³-hybridized carbons (Fsp3) is 0.250. The van der Waals surface area contributed by atoms with Crippen LogP contribution >= 0.6 is 11.8 Å². The number of nitrogens with zero attached hydrogens (tertiary/aromatic N) is 1. The molecular formula is C24H23N3O5S. The predicted octanol–water partition coefficient (Wildman–Crippen LogP) is 3.11. The third-order valence-corrected chi connectivity index (χ3v) is 6.16. The molecular weight excluding hydrogens is 442 g/mol. The van der Waals surface area contributed by atoms with Crippen molar-refractivity contribution in [1.82, 2.24) is 5.32 Å². The quantitative estimate of drug-likeness (QED) is 0.476. The highest BCUT2D eigenvalue weighted by Crippen LogP contribution is 2.40. The Morgan fingerprint density at radius 3 is 2.36 bits per heavy atom. The van der Waals surface area contributed by atoms with Crippen LogP contribution in [0.4, 0.5) is 5.69 Å². The van der Waals surface area contributed by atoms with Gasteiger partial charge in [0.05, 0.1) is 36.6 Å². The van der Waals surface area contributed by atoms with E-state index in [1.165, 1.54) is 7.11 Å². The Labute approximate surface area is 195 Å². The van der Waals surface area contributed by atoms with E-state index < -0.39 is 23.7 Å². The van der Waals surface area contributed by atoms with E-state index in [9.17, 15) is 19.6 Å². The maximum Gasteiger partial charge on any atom is 0.319 e. The smallest absolute Gasteiger partial charge is 0.319 e. The zero-order valence-corrected chi connectivity index (χ0v) is 19.2. The fourth-order valence-corrected chi connectivity index (χ4v) is 4.31. The molecule has 0 aromatic heterocycles. The third-order valence-electron chi connectivity index (χ3n) is 5.14. The molecule has 1 aliphatic rings. The first-order valence-corrected chi connectivity index (χ1v) is 11.0. The number of nitrogens with one attached hydrogen (secondary N) is 2. The van der Waals surface area contributed by atoms with Gasteiger partial charge in [-0.05, 0) is 36.8 Å². The summed E-state index contributed by atoms with van der Waals surface area (Å²) < 4.78 is 9.93. The topological polar surface area (TPSA) is 118 Å². The Hall–Kier alpha value is -3.77. The summed E-state index contributed by atoms with van der Waals surface area (Å²) in [5.41, 5.74) is 2.44. The summed E-state index contributed by atoms with van der Waals surface area (Å²) in [6.45, 7) is 1.92. The SMILES string of the molecule is COC(=O)[C@@H]1C(=O)NC(SCC(=O)Nc2ccc(OC)cc2)=C(C#N)[C@H]1c1ccc(C)cc1. The number of rotatable bonds is 7. The Bertz CT molecular complexity index is 1120. The van der Waals surface area contributed by atoms with Crippen LogP contribution in [-0.2, 0) is 19.1 Å². The Morgan fingerprint density at radius 1 is 1.12 bits per heavy atom. The summed E-state index contributed by atoms with van der Waals surface area (Å²) in [5.74, 6) is -3.02. The lowest BCUT2D eigenvalue weighted by Gasteiger charge is -2.31. The molecule has 0 saturated carbocycles. The van der Waals surface area contributed by atoms with Gasteiger partial charge in [0, 0.05) is 11.6 Å². The van der Waals surface area contributed by atoms with Crippen LogP contribution in [0.3, 0.4) is 0 Å². The lowest BCUT2D eigenvalue weighted by Crippen LogP contribution is -2.44. The number of methoxy groups -OCH3 is 2. The van der Waals surface area contributed by atoms with Gasteiger partial charge in [0.25, 0.3) is 0 Å². The first-order valence-electron chi connectivity index (χ1n) is 10.0. The molecule has 0 radical (unpaired) electrons. The maximum atomic E-state index is 12.8. The lowest BCUT2D eigenvalue weighted by atomic mass is 9.78. The van der Waals surface area contributed by atoms with E-state index in [1.807, 2.05) is 19.1 Å². The number of aryl methyl sites for hydroxylation is 1. The number of hydrogen-bond acceptors (Lipinski definition) is 7. The molecule has 2 atom stereocenters. The highest BCUT2D eigenvalue weighted by Gasteiger charge is 2.44. The van der Waals surface area contributed by atoms with Crippen LogP contribution in [0.15, 0.2) is 59.1 Å². The number of anilines is 1. The molecule has 0 fully saturated rings. The van der Waals surface area contributed by atoms with Gasteiger partial charge in [-0.2, -0.15) is 5.26 Å². The third kappa shape index (κ3) is 5.54. The first kappa shape index (κ1) is 23.9. The van der Waals surface area contributed by atoms with Crippen LogP contribution < -0.4 is 15.4 Å². The van der Waals surface area contributed by atoms with Crippen LogP contribution in [0.2, 0.25) is 0 Å². The van der Waals surface area contributed by atoms with Crippen molar-refractivity contribution in [3.05, 3.63) is 70.3 Å². The number of amides is 2. The molecule has 0 unspecified atom stereocenters. The molecule has 2 aromatic carbocycles. The van der Waals surface area contributed by atoms with Crippen molar-refractivity contribution in [3.63, 3.8) is 0 Å². The monoisotopic (exact) mass is 465 g/mol. The van der Waals surface area contributed by atoms with Gasteiger partial charge in [0.15, 0.2) is 0 Å². The van der Waals surface area contributed by atoms with E-state index in [4.69, 9.17) is 9.47 Å². The van der Waals surface area contributed by atoms with Crippen molar-refractivity contribution in [2.75, 3.05) is 25.3 Å². The molecule has 170 valence electrons. The highest BCUT2D eigenvalue weighted by molar-refractivity contribution is 8.03. The zero-order chi connectivity index (χ0) is 24.0. The number of nitriles is 1. The molecule has 33 heavy (non-hydrogen) atoms. The van der Waals surface area contributed by atoms with Gasteiger partial charge >= 0.3 is 5.97 Å². The minimum Gasteiger partial charge on any atom is -0.497 e. The number of hydrogen-bond donors (Lipinski definition) is 2. The predicted molar refractivity (Wildman–Crippen MR) is 124 cm³/mol. The fourth-order valence-electron chi connectivity index (χ4n) is 3.46. The van der Waals surface area contributed by atoms with E-state index in [1.54, 1.807) is 43.5 Å². The standard InChI is InChI=1S/C24H23N3O5S/c1-14-4-6-15(7-5-14)20-18(12-25)23(27-22(29)21(20)24(30)32-3)33-13-19(28)26-16-8-10-17(31-2)11-9-16/h4-11,20-21H,13H2,1-3H3,(H,26,28)(H,27,29)/t20-,21+/m1/s1. The zero-order valence-electron chi connectivity index (χ0n) is 18.4. The second kappa shape index (κ2) is 10.7. The average Bonchev–Trinajstić information content (AvgIpc) is 2.82. The molecule has 0 aliphatic carbocycles. The number of allylic oxidation sites excluding steroid dienone is 1. The minimum absolute atomic E-state index is 0.0453. The van der Waals surface area contributed by atoms with Gasteiger partial charge < -0.3 is 20.1 Å². The average molecular weight is 466 g/mol. The molecule has 0 spiro atoms. The molecule has 1 aliphatic heterocycles. The summed E-state index contributed by atoms with van der Waals surface area (Å²) in [5, 5.41) is 15.5. The van der Waals surface area contributed by atoms with Crippen LogP contribution in [-0.4, -0.2) is 37.8 Å². The summed E-state index contributed by atoms with van der Waals surface area (Å²) >= 11 is 1.03. The number of esters is 1. The lowest BCUT2D eigenvalue weighted by molar-refractivity contribution is -0.150. The second-order valence-electron chi connectivity index (χ2n) is 7.30. The summed E-state index contributed by atoms with van der Waals surface area (Å²) in [6.07, 6.45) is 0. The number of carbonyl (C=O) groups is 3. The molecule has 3 rings (SSSR count). The van der Waals surface area contributed by atoms with E-state index in [0.29, 0.717) is 17.0 Å². The first-order chi connectivity index (χ1) is 15.9. The van der Waals surface area contributed by atoms with Crippen LogP contribution in [0.25, 0.3) is 0 Å². The highest BCUT2D eigenvalue weighted by atomic mass is 32.2. The summed E-state index contributed by atoms with van der Waals surface area (Å²) in [6, 6.07) is 16.2. The van der Waals surface area contributed by atoms with Gasteiger partial charge in [-0.3, -0.25) is 14.4 Å². The number of ether oxygens (including phenoxy) is 2. The molecule has 2 aromatic rings. The molecule has 9 heteroatoms. The molecule has 8 nitrogen and oxygen atoms in total. The summed E-state index contributed by atoms with van der Waals surface area (Å²) in [7, 11) is 2.75. The Kier molecular flexibility index (Phi) is 7.74. The van der Waals surface area contributed by atoms with Crippen molar-refractivity contribution in [2.45, 2.75) is 12.8 Å². The van der Waals surface area contributed by atoms with E-state index in [0.717, 1.165) is 17.3 Å². The van der Waals surface area contributed by atoms with Crippen LogP contribution in [0.1, 0.15) is 17.0 Å². The number of benzene rings is 2. The van der Waals surface area contributed by atoms with Crippen LogP contribution in [0, 0.1) is 24.2 Å². The van der Waals surface area contributed by atoms with Gasteiger partial charge in [-0.1, -0.05) is 41.6 Å². The van der Waals surface area contributed by atoms with Gasteiger partial charge in [0.2, 0.25) is 11.8 Å². The van der Waals surface area contributed by atoms with Crippen molar-refractivity contribution >= 4 is 35.2 Å². The number of carbonyl (C=O) groups excluding carboxylic acids is 3. The van der Waals surface area contributed by atoms with E-state index in [-0.39, 0.29) is 22.3 Å². The van der Waals surface area contributed by atoms with E-state index in [2.05, 4.69) is 16.7 Å². The maximum absolute atomic E-state index is 12.8. The Morgan fingerprint density at radius 2 is 1.79 bits per heavy atom. The van der Waals surface area contributed by atoms with Crippen molar-refractivity contribution in [2.24, 2.45) is 5.92 Å². The van der Waals surface area contributed by atoms with Gasteiger partial charge in [-0.15, -0.1) is 0 Å². The molecule has 2 N–H and O–H groups in total. The van der Waals surface area contributed by atoms with Gasteiger partial charge in [-0.25, -0.2) is 0 Å².